The molecule has 0 fully saturated rings. The zero-order valence-corrected chi connectivity index (χ0v) is 19.7. The van der Waals surface area contributed by atoms with Gasteiger partial charge in [0, 0.05) is 22.3 Å². The van der Waals surface area contributed by atoms with Crippen LogP contribution in [0.25, 0.3) is 10.6 Å². The van der Waals surface area contributed by atoms with E-state index in [0.29, 0.717) is 35.0 Å². The summed E-state index contributed by atoms with van der Waals surface area (Å²) in [6.45, 7) is 1.80. The van der Waals surface area contributed by atoms with Crippen molar-refractivity contribution in [3.05, 3.63) is 53.5 Å². The normalized spacial score (nSPS) is 11.1. The van der Waals surface area contributed by atoms with Crippen molar-refractivity contribution < 1.29 is 22.7 Å². The second kappa shape index (κ2) is 10.5. The van der Waals surface area contributed by atoms with Crippen LogP contribution in [0.1, 0.15) is 19.0 Å². The molecule has 170 valence electrons. The standard InChI is InChI=1S/C22H25N3O5S2/c1-4-11-32(27,28)25-17-8-6-16(7-9-17)23-21(26)13-18-14-31-22(24-18)15-5-10-19(29-2)20(12-15)30-3/h5-10,12,14,25H,4,11,13H2,1-3H3,(H,23,26). The smallest absolute Gasteiger partial charge is 0.232 e. The van der Waals surface area contributed by atoms with E-state index in [1.165, 1.54) is 11.3 Å². The predicted molar refractivity (Wildman–Crippen MR) is 127 cm³/mol. The van der Waals surface area contributed by atoms with Gasteiger partial charge in [0.1, 0.15) is 5.01 Å². The fourth-order valence-corrected chi connectivity index (χ4v) is 4.93. The molecular weight excluding hydrogens is 450 g/mol. The van der Waals surface area contributed by atoms with E-state index >= 15 is 0 Å². The highest BCUT2D eigenvalue weighted by Crippen LogP contribution is 2.33. The number of amides is 1. The van der Waals surface area contributed by atoms with Crippen molar-refractivity contribution in [1.82, 2.24) is 4.98 Å². The second-order valence-corrected chi connectivity index (χ2v) is 9.64. The van der Waals surface area contributed by atoms with Crippen molar-refractivity contribution in [3.63, 3.8) is 0 Å². The molecule has 8 nitrogen and oxygen atoms in total. The van der Waals surface area contributed by atoms with Crippen molar-refractivity contribution in [3.8, 4) is 22.1 Å². The molecule has 0 aliphatic rings. The summed E-state index contributed by atoms with van der Waals surface area (Å²) in [6.07, 6.45) is 0.655. The van der Waals surface area contributed by atoms with Crippen LogP contribution in [0, 0.1) is 0 Å². The summed E-state index contributed by atoms with van der Waals surface area (Å²) < 4.78 is 36.8. The number of benzene rings is 2. The summed E-state index contributed by atoms with van der Waals surface area (Å²) in [4.78, 5) is 17.0. The van der Waals surface area contributed by atoms with Gasteiger partial charge in [0.25, 0.3) is 0 Å². The Kier molecular flexibility index (Phi) is 7.70. The van der Waals surface area contributed by atoms with Crippen molar-refractivity contribution in [1.29, 1.82) is 0 Å². The number of anilines is 2. The van der Waals surface area contributed by atoms with Gasteiger partial charge in [-0.2, -0.15) is 0 Å². The summed E-state index contributed by atoms with van der Waals surface area (Å²) in [5, 5.41) is 5.42. The highest BCUT2D eigenvalue weighted by Gasteiger charge is 2.13. The summed E-state index contributed by atoms with van der Waals surface area (Å²) in [6, 6.07) is 12.1. The number of aromatic nitrogens is 1. The van der Waals surface area contributed by atoms with Gasteiger partial charge in [-0.1, -0.05) is 6.92 Å². The van der Waals surface area contributed by atoms with Crippen molar-refractivity contribution in [2.45, 2.75) is 19.8 Å². The Morgan fingerprint density at radius 3 is 2.38 bits per heavy atom. The molecule has 32 heavy (non-hydrogen) atoms. The minimum Gasteiger partial charge on any atom is -0.493 e. The zero-order valence-electron chi connectivity index (χ0n) is 18.0. The number of carbonyl (C=O) groups excluding carboxylic acids is 1. The maximum atomic E-state index is 12.4. The molecule has 2 aromatic carbocycles. The molecule has 0 saturated carbocycles. The van der Waals surface area contributed by atoms with E-state index in [1.54, 1.807) is 45.4 Å². The maximum Gasteiger partial charge on any atom is 0.232 e. The molecular formula is C22H25N3O5S2. The molecule has 1 heterocycles. The van der Waals surface area contributed by atoms with Crippen LogP contribution in [0.3, 0.4) is 0 Å². The molecule has 0 aliphatic carbocycles. The van der Waals surface area contributed by atoms with Gasteiger partial charge in [0.2, 0.25) is 15.9 Å². The van der Waals surface area contributed by atoms with E-state index in [9.17, 15) is 13.2 Å². The summed E-state index contributed by atoms with van der Waals surface area (Å²) in [5.74, 6) is 1.09. The van der Waals surface area contributed by atoms with Gasteiger partial charge in [-0.05, 0) is 48.9 Å². The van der Waals surface area contributed by atoms with Gasteiger partial charge in [-0.25, -0.2) is 13.4 Å². The van der Waals surface area contributed by atoms with E-state index in [2.05, 4.69) is 15.0 Å². The van der Waals surface area contributed by atoms with Crippen LogP contribution in [0.2, 0.25) is 0 Å². The number of ether oxygens (including phenoxy) is 2. The van der Waals surface area contributed by atoms with E-state index in [-0.39, 0.29) is 18.1 Å². The molecule has 2 N–H and O–H groups in total. The van der Waals surface area contributed by atoms with Gasteiger partial charge < -0.3 is 14.8 Å². The number of methoxy groups -OCH3 is 2. The Balaban J connectivity index is 1.61. The third-order valence-corrected chi connectivity index (χ3v) is 6.87. The molecule has 0 unspecified atom stereocenters. The first-order valence-electron chi connectivity index (χ1n) is 9.90. The van der Waals surface area contributed by atoms with Crippen LogP contribution >= 0.6 is 11.3 Å². The number of sulfonamides is 1. The van der Waals surface area contributed by atoms with Crippen LogP contribution in [0.4, 0.5) is 11.4 Å². The lowest BCUT2D eigenvalue weighted by Gasteiger charge is -2.09. The molecule has 0 spiro atoms. The molecule has 1 aromatic heterocycles. The number of carbonyl (C=O) groups is 1. The van der Waals surface area contributed by atoms with Crippen LogP contribution in [0.15, 0.2) is 47.8 Å². The maximum absolute atomic E-state index is 12.4. The van der Waals surface area contributed by atoms with Crippen LogP contribution in [-0.2, 0) is 21.2 Å². The topological polar surface area (TPSA) is 107 Å². The number of hydrogen-bond acceptors (Lipinski definition) is 7. The molecule has 3 aromatic rings. The van der Waals surface area contributed by atoms with Crippen LogP contribution in [-0.4, -0.2) is 39.3 Å². The third-order valence-electron chi connectivity index (χ3n) is 4.44. The van der Waals surface area contributed by atoms with Crippen LogP contribution < -0.4 is 19.5 Å². The van der Waals surface area contributed by atoms with Crippen molar-refractivity contribution in [2.24, 2.45) is 0 Å². The fraction of sp³-hybridized carbons (Fsp3) is 0.273. The lowest BCUT2D eigenvalue weighted by atomic mass is 10.2. The summed E-state index contributed by atoms with van der Waals surface area (Å²) in [7, 11) is -0.195. The van der Waals surface area contributed by atoms with E-state index in [1.807, 2.05) is 23.6 Å². The first kappa shape index (κ1) is 23.6. The monoisotopic (exact) mass is 475 g/mol. The van der Waals surface area contributed by atoms with E-state index in [0.717, 1.165) is 10.6 Å². The number of nitrogens with zero attached hydrogens (tertiary/aromatic N) is 1. The molecule has 0 saturated heterocycles. The average molecular weight is 476 g/mol. The molecule has 0 radical (unpaired) electrons. The van der Waals surface area contributed by atoms with Gasteiger partial charge in [0.05, 0.1) is 32.1 Å². The van der Waals surface area contributed by atoms with Gasteiger partial charge >= 0.3 is 0 Å². The quantitative estimate of drug-likeness (QED) is 0.456. The zero-order chi connectivity index (χ0) is 23.1. The lowest BCUT2D eigenvalue weighted by molar-refractivity contribution is -0.115. The number of hydrogen-bond donors (Lipinski definition) is 2. The molecule has 0 aliphatic heterocycles. The van der Waals surface area contributed by atoms with E-state index < -0.39 is 10.0 Å². The largest absolute Gasteiger partial charge is 0.493 e. The first-order valence-corrected chi connectivity index (χ1v) is 12.4. The minimum atomic E-state index is -3.35. The Morgan fingerprint density at radius 2 is 1.72 bits per heavy atom. The first-order chi connectivity index (χ1) is 15.3. The predicted octanol–water partition coefficient (Wildman–Crippen LogP) is 4.16. The molecule has 0 atom stereocenters. The highest BCUT2D eigenvalue weighted by molar-refractivity contribution is 7.92. The fourth-order valence-electron chi connectivity index (χ4n) is 2.98. The summed E-state index contributed by atoms with van der Waals surface area (Å²) in [5.41, 5.74) is 2.56. The second-order valence-electron chi connectivity index (χ2n) is 6.94. The average Bonchev–Trinajstić information content (AvgIpc) is 3.22. The van der Waals surface area contributed by atoms with Gasteiger partial charge in [-0.3, -0.25) is 9.52 Å². The Hall–Kier alpha value is -3.11. The Labute approximate surface area is 191 Å². The molecule has 10 heteroatoms. The van der Waals surface area contributed by atoms with Crippen molar-refractivity contribution in [2.75, 3.05) is 30.0 Å². The highest BCUT2D eigenvalue weighted by atomic mass is 32.2. The lowest BCUT2D eigenvalue weighted by Crippen LogP contribution is -2.16. The van der Waals surface area contributed by atoms with Gasteiger partial charge in [0.15, 0.2) is 11.5 Å². The van der Waals surface area contributed by atoms with Gasteiger partial charge in [-0.15, -0.1) is 11.3 Å². The minimum absolute atomic E-state index is 0.0599. The molecule has 3 rings (SSSR count). The van der Waals surface area contributed by atoms with E-state index in [4.69, 9.17) is 9.47 Å². The third kappa shape index (κ3) is 6.21. The Morgan fingerprint density at radius 1 is 1.03 bits per heavy atom. The number of rotatable bonds is 10. The van der Waals surface area contributed by atoms with Crippen LogP contribution in [0.5, 0.6) is 11.5 Å². The molecule has 0 bridgehead atoms. The summed E-state index contributed by atoms with van der Waals surface area (Å²) >= 11 is 1.44. The SMILES string of the molecule is CCCS(=O)(=O)Nc1ccc(NC(=O)Cc2csc(-c3ccc(OC)c(OC)c3)n2)cc1. The molecule has 1 amide bonds. The Bertz CT molecular complexity index is 1170. The number of thiazole rings is 1. The number of nitrogens with one attached hydrogen (secondary N) is 2. The van der Waals surface area contributed by atoms with Crippen molar-refractivity contribution >= 4 is 38.6 Å².